The number of rotatable bonds is 7. The maximum absolute atomic E-state index is 7.83. The molecule has 0 saturated carbocycles. The standard InChI is InChI=1S/C21H24N2O3/c22-12-11-21(23)17-3-5-19(6-4-17)26-20-9-7-18(8-10-20)25-15-16-2-1-13-24-14-16/h3-12,16,23H,1-2,13-15,22H2. The predicted octanol–water partition coefficient (Wildman–Crippen LogP) is 4.12. The number of benzene rings is 2. The van der Waals surface area contributed by atoms with Crippen molar-refractivity contribution in [2.75, 3.05) is 19.8 Å². The van der Waals surface area contributed by atoms with Gasteiger partial charge in [0.2, 0.25) is 0 Å². The highest BCUT2D eigenvalue weighted by Crippen LogP contribution is 2.25. The molecule has 1 aliphatic rings. The first-order chi connectivity index (χ1) is 12.7. The molecule has 2 aromatic rings. The molecule has 0 radical (unpaired) electrons. The van der Waals surface area contributed by atoms with Crippen molar-refractivity contribution in [3.05, 3.63) is 66.4 Å². The van der Waals surface area contributed by atoms with Crippen molar-refractivity contribution >= 4 is 5.71 Å². The lowest BCUT2D eigenvalue weighted by molar-refractivity contribution is 0.0352. The van der Waals surface area contributed by atoms with Crippen molar-refractivity contribution in [2.24, 2.45) is 11.7 Å². The molecular weight excluding hydrogens is 328 g/mol. The zero-order valence-electron chi connectivity index (χ0n) is 14.7. The third kappa shape index (κ3) is 5.10. The molecule has 136 valence electrons. The molecule has 0 aromatic heterocycles. The maximum atomic E-state index is 7.83. The first-order valence-electron chi connectivity index (χ1n) is 8.80. The molecule has 3 N–H and O–H groups in total. The largest absolute Gasteiger partial charge is 0.493 e. The van der Waals surface area contributed by atoms with Crippen LogP contribution in [-0.4, -0.2) is 25.5 Å². The van der Waals surface area contributed by atoms with Crippen LogP contribution in [0.15, 0.2) is 60.8 Å². The Balaban J connectivity index is 1.52. The molecule has 1 heterocycles. The van der Waals surface area contributed by atoms with E-state index in [4.69, 9.17) is 25.4 Å². The second-order valence-corrected chi connectivity index (χ2v) is 6.26. The van der Waals surface area contributed by atoms with Crippen LogP contribution in [0.3, 0.4) is 0 Å². The van der Waals surface area contributed by atoms with Crippen LogP contribution in [0.2, 0.25) is 0 Å². The summed E-state index contributed by atoms with van der Waals surface area (Å²) in [6, 6.07) is 14.9. The van der Waals surface area contributed by atoms with Gasteiger partial charge in [-0.1, -0.05) is 0 Å². The fourth-order valence-corrected chi connectivity index (χ4v) is 2.79. The van der Waals surface area contributed by atoms with Gasteiger partial charge in [0.05, 0.1) is 18.9 Å². The summed E-state index contributed by atoms with van der Waals surface area (Å²) < 4.78 is 17.1. The van der Waals surface area contributed by atoms with Crippen molar-refractivity contribution in [1.29, 1.82) is 5.41 Å². The molecule has 0 aliphatic carbocycles. The number of ether oxygens (including phenoxy) is 3. The monoisotopic (exact) mass is 352 g/mol. The van der Waals surface area contributed by atoms with Crippen LogP contribution in [0.25, 0.3) is 0 Å². The van der Waals surface area contributed by atoms with Crippen molar-refractivity contribution in [2.45, 2.75) is 12.8 Å². The molecule has 3 rings (SSSR count). The Morgan fingerprint density at radius 3 is 2.35 bits per heavy atom. The summed E-state index contributed by atoms with van der Waals surface area (Å²) in [5.74, 6) is 2.76. The highest BCUT2D eigenvalue weighted by molar-refractivity contribution is 6.06. The van der Waals surface area contributed by atoms with E-state index in [-0.39, 0.29) is 0 Å². The number of allylic oxidation sites excluding steroid dienone is 1. The van der Waals surface area contributed by atoms with Gasteiger partial charge in [-0.05, 0) is 79.2 Å². The zero-order valence-corrected chi connectivity index (χ0v) is 14.7. The summed E-state index contributed by atoms with van der Waals surface area (Å²) in [5, 5.41) is 7.83. The Bertz CT molecular complexity index is 733. The Labute approximate surface area is 153 Å². The summed E-state index contributed by atoms with van der Waals surface area (Å²) in [6.07, 6.45) is 5.18. The fraction of sp³-hybridized carbons (Fsp3) is 0.286. The van der Waals surface area contributed by atoms with Crippen LogP contribution in [0.4, 0.5) is 0 Å². The summed E-state index contributed by atoms with van der Waals surface area (Å²) in [5.41, 5.74) is 6.46. The third-order valence-corrected chi connectivity index (χ3v) is 4.23. The Kier molecular flexibility index (Phi) is 6.28. The molecule has 5 nitrogen and oxygen atoms in total. The quantitative estimate of drug-likeness (QED) is 0.735. The first kappa shape index (κ1) is 18.0. The van der Waals surface area contributed by atoms with Gasteiger partial charge >= 0.3 is 0 Å². The van der Waals surface area contributed by atoms with Crippen LogP contribution in [0.5, 0.6) is 17.2 Å². The first-order valence-corrected chi connectivity index (χ1v) is 8.80. The lowest BCUT2D eigenvalue weighted by Gasteiger charge is -2.22. The van der Waals surface area contributed by atoms with Gasteiger partial charge in [0.1, 0.15) is 17.2 Å². The van der Waals surface area contributed by atoms with Gasteiger partial charge in [-0.2, -0.15) is 0 Å². The van der Waals surface area contributed by atoms with E-state index in [1.807, 2.05) is 48.5 Å². The number of nitrogens with two attached hydrogens (primary N) is 1. The maximum Gasteiger partial charge on any atom is 0.127 e. The van der Waals surface area contributed by atoms with E-state index >= 15 is 0 Å². The van der Waals surface area contributed by atoms with Crippen LogP contribution < -0.4 is 15.2 Å². The molecule has 2 aromatic carbocycles. The van der Waals surface area contributed by atoms with Crippen molar-refractivity contribution in [1.82, 2.24) is 0 Å². The van der Waals surface area contributed by atoms with Crippen LogP contribution in [-0.2, 0) is 4.74 Å². The lowest BCUT2D eigenvalue weighted by atomic mass is 10.0. The van der Waals surface area contributed by atoms with Crippen LogP contribution in [0.1, 0.15) is 18.4 Å². The highest BCUT2D eigenvalue weighted by atomic mass is 16.5. The number of hydrogen-bond acceptors (Lipinski definition) is 5. The van der Waals surface area contributed by atoms with Crippen molar-refractivity contribution in [3.63, 3.8) is 0 Å². The molecule has 5 heteroatoms. The Morgan fingerprint density at radius 2 is 1.73 bits per heavy atom. The van der Waals surface area contributed by atoms with E-state index in [1.165, 1.54) is 6.20 Å². The van der Waals surface area contributed by atoms with Crippen LogP contribution in [0, 0.1) is 11.3 Å². The fourth-order valence-electron chi connectivity index (χ4n) is 2.79. The molecule has 1 unspecified atom stereocenters. The van der Waals surface area contributed by atoms with Gasteiger partial charge in [0.25, 0.3) is 0 Å². The normalized spacial score (nSPS) is 17.2. The third-order valence-electron chi connectivity index (χ3n) is 4.23. The molecule has 0 spiro atoms. The lowest BCUT2D eigenvalue weighted by Crippen LogP contribution is -2.23. The minimum atomic E-state index is 0.365. The summed E-state index contributed by atoms with van der Waals surface area (Å²) >= 11 is 0. The SMILES string of the molecule is N=C(C=CN)c1ccc(Oc2ccc(OCC3CCCOC3)cc2)cc1. The van der Waals surface area contributed by atoms with Gasteiger partial charge in [0, 0.05) is 12.5 Å². The Morgan fingerprint density at radius 1 is 1.08 bits per heavy atom. The second-order valence-electron chi connectivity index (χ2n) is 6.26. The van der Waals surface area contributed by atoms with E-state index in [9.17, 15) is 0 Å². The van der Waals surface area contributed by atoms with Gasteiger partial charge in [-0.25, -0.2) is 0 Å². The van der Waals surface area contributed by atoms with Gasteiger partial charge < -0.3 is 25.4 Å². The molecule has 0 amide bonds. The molecule has 1 saturated heterocycles. The average molecular weight is 352 g/mol. The van der Waals surface area contributed by atoms with Gasteiger partial charge in [-0.15, -0.1) is 0 Å². The molecule has 26 heavy (non-hydrogen) atoms. The Hall–Kier alpha value is -2.79. The minimum Gasteiger partial charge on any atom is -0.493 e. The van der Waals surface area contributed by atoms with Crippen molar-refractivity contribution in [3.8, 4) is 17.2 Å². The predicted molar refractivity (Wildman–Crippen MR) is 102 cm³/mol. The van der Waals surface area contributed by atoms with E-state index < -0.39 is 0 Å². The van der Waals surface area contributed by atoms with E-state index in [2.05, 4.69) is 0 Å². The number of hydrogen-bond donors (Lipinski definition) is 2. The van der Waals surface area contributed by atoms with Gasteiger partial charge in [0.15, 0.2) is 0 Å². The summed E-state index contributed by atoms with van der Waals surface area (Å²) in [6.45, 7) is 2.34. The van der Waals surface area contributed by atoms with Crippen molar-refractivity contribution < 1.29 is 14.2 Å². The minimum absolute atomic E-state index is 0.365. The zero-order chi connectivity index (χ0) is 18.2. The molecule has 1 atom stereocenters. The summed E-state index contributed by atoms with van der Waals surface area (Å²) in [7, 11) is 0. The van der Waals surface area contributed by atoms with Crippen LogP contribution >= 0.6 is 0 Å². The second kappa shape index (κ2) is 9.06. The van der Waals surface area contributed by atoms with E-state index in [0.717, 1.165) is 43.1 Å². The topological polar surface area (TPSA) is 77.6 Å². The van der Waals surface area contributed by atoms with E-state index in [0.29, 0.717) is 24.0 Å². The number of nitrogens with one attached hydrogen (secondary N) is 1. The highest BCUT2D eigenvalue weighted by Gasteiger charge is 2.14. The average Bonchev–Trinajstić information content (AvgIpc) is 2.69. The molecule has 0 bridgehead atoms. The molecule has 1 aliphatic heterocycles. The molecular formula is C21H24N2O3. The van der Waals surface area contributed by atoms with E-state index in [1.54, 1.807) is 6.08 Å². The summed E-state index contributed by atoms with van der Waals surface area (Å²) in [4.78, 5) is 0. The molecule has 1 fully saturated rings. The van der Waals surface area contributed by atoms with Gasteiger partial charge in [-0.3, -0.25) is 0 Å². The smallest absolute Gasteiger partial charge is 0.127 e.